The normalized spacial score (nSPS) is 19.8. The van der Waals surface area contributed by atoms with Crippen molar-refractivity contribution in [2.75, 3.05) is 19.6 Å². The van der Waals surface area contributed by atoms with Gasteiger partial charge in [0.05, 0.1) is 0 Å². The van der Waals surface area contributed by atoms with Gasteiger partial charge in [0.25, 0.3) is 0 Å². The molecule has 10 heteroatoms. The van der Waals surface area contributed by atoms with Gasteiger partial charge in [0.15, 0.2) is 0 Å². The molecule has 1 aliphatic heterocycles. The van der Waals surface area contributed by atoms with Crippen LogP contribution in [0.2, 0.25) is 5.02 Å². The molecule has 1 fully saturated rings. The molecule has 0 saturated carbocycles. The quantitative estimate of drug-likeness (QED) is 0.809. The van der Waals surface area contributed by atoms with E-state index in [4.69, 9.17) is 11.6 Å². The Balaban J connectivity index is 2.11. The monoisotopic (exact) mass is 382 g/mol. The van der Waals surface area contributed by atoms with Gasteiger partial charge in [-0.25, -0.2) is 25.9 Å². The summed E-state index contributed by atoms with van der Waals surface area (Å²) in [6.45, 7) is 3.57. The number of hydrogen-bond acceptors (Lipinski definition) is 4. The van der Waals surface area contributed by atoms with Crippen LogP contribution in [0.4, 0.5) is 4.39 Å². The minimum absolute atomic E-state index is 0.0956. The molecule has 1 aromatic rings. The fraction of sp³-hybridized carbons (Fsp3) is 0.385. The van der Waals surface area contributed by atoms with E-state index in [1.807, 2.05) is 0 Å². The second-order valence-electron chi connectivity index (χ2n) is 5.15. The average molecular weight is 383 g/mol. The minimum atomic E-state index is -4.01. The molecule has 0 spiro atoms. The van der Waals surface area contributed by atoms with Gasteiger partial charge in [0.2, 0.25) is 20.0 Å². The molecule has 0 bridgehead atoms. The first-order chi connectivity index (χ1) is 10.7. The van der Waals surface area contributed by atoms with Gasteiger partial charge < -0.3 is 0 Å². The van der Waals surface area contributed by atoms with Crippen molar-refractivity contribution in [2.24, 2.45) is 5.92 Å². The van der Waals surface area contributed by atoms with Gasteiger partial charge in [-0.1, -0.05) is 18.2 Å². The van der Waals surface area contributed by atoms with E-state index in [9.17, 15) is 21.2 Å². The molecule has 128 valence electrons. The number of rotatable bonds is 6. The van der Waals surface area contributed by atoms with Crippen molar-refractivity contribution >= 4 is 31.6 Å². The van der Waals surface area contributed by atoms with Gasteiger partial charge in [0, 0.05) is 30.1 Å². The highest BCUT2D eigenvalue weighted by molar-refractivity contribution is 7.92. The summed E-state index contributed by atoms with van der Waals surface area (Å²) in [6, 6.07) is 3.34. The molecule has 1 aliphatic rings. The first-order valence-corrected chi connectivity index (χ1v) is 10.1. The highest BCUT2D eigenvalue weighted by Gasteiger charge is 2.34. The molecule has 1 heterocycles. The first-order valence-electron chi connectivity index (χ1n) is 6.73. The van der Waals surface area contributed by atoms with Crippen molar-refractivity contribution < 1.29 is 21.2 Å². The van der Waals surface area contributed by atoms with Gasteiger partial charge in [-0.2, -0.15) is 4.31 Å². The molecule has 0 unspecified atom stereocenters. The maximum Gasteiger partial charge on any atom is 0.246 e. The van der Waals surface area contributed by atoms with Crippen LogP contribution >= 0.6 is 11.6 Å². The van der Waals surface area contributed by atoms with E-state index < -0.39 is 30.8 Å². The van der Waals surface area contributed by atoms with Gasteiger partial charge >= 0.3 is 0 Å². The summed E-state index contributed by atoms with van der Waals surface area (Å²) in [6.07, 6.45) is 0.473. The van der Waals surface area contributed by atoms with Crippen LogP contribution in [0, 0.1) is 11.7 Å². The Hall–Kier alpha value is -1.00. The third-order valence-corrected chi connectivity index (χ3v) is 6.68. The van der Waals surface area contributed by atoms with Gasteiger partial charge in [-0.3, -0.25) is 0 Å². The minimum Gasteiger partial charge on any atom is -0.211 e. The van der Waals surface area contributed by atoms with Crippen molar-refractivity contribution in [2.45, 2.75) is 11.3 Å². The van der Waals surface area contributed by atoms with Crippen molar-refractivity contribution in [1.82, 2.24) is 9.03 Å². The van der Waals surface area contributed by atoms with Crippen molar-refractivity contribution in [3.63, 3.8) is 0 Å². The Morgan fingerprint density at radius 1 is 1.39 bits per heavy atom. The molecular weight excluding hydrogens is 367 g/mol. The zero-order valence-corrected chi connectivity index (χ0v) is 14.5. The fourth-order valence-electron chi connectivity index (χ4n) is 2.29. The molecule has 1 saturated heterocycles. The number of hydrogen-bond donors (Lipinski definition) is 1. The van der Waals surface area contributed by atoms with Gasteiger partial charge in [-0.15, -0.1) is 0 Å². The van der Waals surface area contributed by atoms with Crippen LogP contribution in [0.1, 0.15) is 6.42 Å². The lowest BCUT2D eigenvalue weighted by atomic mass is 10.1. The fourth-order valence-corrected chi connectivity index (χ4v) is 4.73. The SMILES string of the molecule is C=CS(=O)(=O)NC[C@H]1CCN(S(=O)(=O)c2cc(Cl)ccc2F)C1. The zero-order valence-electron chi connectivity index (χ0n) is 12.1. The summed E-state index contributed by atoms with van der Waals surface area (Å²) in [7, 11) is -7.56. The van der Waals surface area contributed by atoms with E-state index in [1.165, 1.54) is 6.07 Å². The predicted molar refractivity (Wildman–Crippen MR) is 85.4 cm³/mol. The molecule has 0 radical (unpaired) electrons. The highest BCUT2D eigenvalue weighted by Crippen LogP contribution is 2.27. The average Bonchev–Trinajstić information content (AvgIpc) is 2.97. The lowest BCUT2D eigenvalue weighted by molar-refractivity contribution is 0.449. The number of sulfonamides is 2. The van der Waals surface area contributed by atoms with Gasteiger partial charge in [-0.05, 0) is 30.5 Å². The van der Waals surface area contributed by atoms with Crippen molar-refractivity contribution in [1.29, 1.82) is 0 Å². The van der Waals surface area contributed by atoms with E-state index >= 15 is 0 Å². The largest absolute Gasteiger partial charge is 0.246 e. The second-order valence-corrected chi connectivity index (χ2v) is 9.21. The van der Waals surface area contributed by atoms with E-state index in [2.05, 4.69) is 11.3 Å². The van der Waals surface area contributed by atoms with E-state index in [0.717, 1.165) is 21.8 Å². The van der Waals surface area contributed by atoms with Crippen LogP contribution in [0.15, 0.2) is 35.1 Å². The van der Waals surface area contributed by atoms with Crippen molar-refractivity contribution in [3.05, 3.63) is 41.0 Å². The summed E-state index contributed by atoms with van der Waals surface area (Å²) < 4.78 is 64.8. The lowest BCUT2D eigenvalue weighted by Crippen LogP contribution is -2.32. The molecular formula is C13H16ClFN2O4S2. The lowest BCUT2D eigenvalue weighted by Gasteiger charge is -2.17. The standard InChI is InChI=1S/C13H16ClFN2O4S2/c1-2-22(18,19)16-8-10-5-6-17(9-10)23(20,21)13-7-11(14)3-4-12(13)15/h2-4,7,10,16H,1,5-6,8-9H2/t10-/m1/s1. The molecule has 6 nitrogen and oxygen atoms in total. The molecule has 23 heavy (non-hydrogen) atoms. The van der Waals surface area contributed by atoms with Crippen LogP contribution in [0.5, 0.6) is 0 Å². The topological polar surface area (TPSA) is 83.6 Å². The van der Waals surface area contributed by atoms with Crippen LogP contribution in [-0.2, 0) is 20.0 Å². The summed E-state index contributed by atoms with van der Waals surface area (Å²) in [5.41, 5.74) is 0. The van der Waals surface area contributed by atoms with Crippen LogP contribution in [0.3, 0.4) is 0 Å². The smallest absolute Gasteiger partial charge is 0.211 e. The zero-order chi connectivity index (χ0) is 17.3. The highest BCUT2D eigenvalue weighted by atomic mass is 35.5. The molecule has 0 aromatic heterocycles. The summed E-state index contributed by atoms with van der Waals surface area (Å²) >= 11 is 5.74. The van der Waals surface area contributed by atoms with E-state index in [0.29, 0.717) is 6.42 Å². The van der Waals surface area contributed by atoms with E-state index in [1.54, 1.807) is 0 Å². The Morgan fingerprint density at radius 3 is 2.74 bits per heavy atom. The maximum absolute atomic E-state index is 13.8. The summed E-state index contributed by atoms with van der Waals surface area (Å²) in [5.74, 6) is -1.06. The Labute approximate surface area is 140 Å². The van der Waals surface area contributed by atoms with Crippen LogP contribution in [-0.4, -0.2) is 40.8 Å². The van der Waals surface area contributed by atoms with Gasteiger partial charge in [0.1, 0.15) is 10.7 Å². The predicted octanol–water partition coefficient (Wildman–Crippen LogP) is 1.55. The molecule has 0 amide bonds. The van der Waals surface area contributed by atoms with Crippen LogP contribution in [0.25, 0.3) is 0 Å². The van der Waals surface area contributed by atoms with Crippen molar-refractivity contribution in [3.8, 4) is 0 Å². The Bertz CT molecular complexity index is 811. The number of nitrogens with zero attached hydrogens (tertiary/aromatic N) is 1. The van der Waals surface area contributed by atoms with Crippen LogP contribution < -0.4 is 4.72 Å². The maximum atomic E-state index is 13.8. The molecule has 1 atom stereocenters. The molecule has 1 N–H and O–H groups in total. The third kappa shape index (κ3) is 4.30. The second kappa shape index (κ2) is 6.86. The Morgan fingerprint density at radius 2 is 2.09 bits per heavy atom. The molecule has 0 aliphatic carbocycles. The molecule has 1 aromatic carbocycles. The van der Waals surface area contributed by atoms with E-state index in [-0.39, 0.29) is 30.6 Å². The molecule has 2 rings (SSSR count). The Kier molecular flexibility index (Phi) is 5.47. The number of halogens is 2. The first kappa shape index (κ1) is 18.3. The number of benzene rings is 1. The summed E-state index contributed by atoms with van der Waals surface area (Å²) in [4.78, 5) is -0.475. The third-order valence-electron chi connectivity index (χ3n) is 3.55. The summed E-state index contributed by atoms with van der Waals surface area (Å²) in [5, 5.41) is 0.914. The number of nitrogens with one attached hydrogen (secondary N) is 1.